The monoisotopic (exact) mass is 241 g/mol. The Morgan fingerprint density at radius 2 is 2.17 bits per heavy atom. The molecule has 0 aliphatic heterocycles. The molecule has 0 atom stereocenters. The van der Waals surface area contributed by atoms with Crippen LogP contribution in [0.1, 0.15) is 45.8 Å². The number of carbonyl (C=O) groups is 1. The fraction of sp³-hybridized carbons (Fsp3) is 0.333. The smallest absolute Gasteiger partial charge is 0.215 e. The zero-order valence-electron chi connectivity index (χ0n) is 10.6. The van der Waals surface area contributed by atoms with Crippen molar-refractivity contribution < 1.29 is 9.21 Å². The summed E-state index contributed by atoms with van der Waals surface area (Å²) < 4.78 is 5.64. The number of benzene rings is 1. The predicted molar refractivity (Wildman–Crippen MR) is 67.9 cm³/mol. The van der Waals surface area contributed by atoms with Crippen molar-refractivity contribution in [3.05, 3.63) is 52.2 Å². The molecule has 0 bridgehead atoms. The lowest BCUT2D eigenvalue weighted by molar-refractivity contribution is 0.103. The van der Waals surface area contributed by atoms with Crippen LogP contribution < -0.4 is 0 Å². The zero-order valence-corrected chi connectivity index (χ0v) is 10.6. The summed E-state index contributed by atoms with van der Waals surface area (Å²) in [4.78, 5) is 16.8. The molecule has 0 saturated carbocycles. The Kier molecular flexibility index (Phi) is 2.54. The van der Waals surface area contributed by atoms with E-state index in [1.165, 1.54) is 5.56 Å². The predicted octanol–water partition coefficient (Wildman–Crippen LogP) is 2.88. The summed E-state index contributed by atoms with van der Waals surface area (Å²) >= 11 is 0. The van der Waals surface area contributed by atoms with Crippen LogP contribution in [0.15, 0.2) is 22.6 Å². The molecule has 0 spiro atoms. The molecule has 1 aromatic carbocycles. The maximum atomic E-state index is 12.4. The van der Waals surface area contributed by atoms with Gasteiger partial charge in [0, 0.05) is 18.4 Å². The molecule has 0 saturated heterocycles. The largest absolute Gasteiger partial charge is 0.445 e. The van der Waals surface area contributed by atoms with E-state index >= 15 is 0 Å². The van der Waals surface area contributed by atoms with Crippen molar-refractivity contribution in [1.29, 1.82) is 0 Å². The van der Waals surface area contributed by atoms with Gasteiger partial charge in [0.1, 0.15) is 5.76 Å². The fourth-order valence-corrected chi connectivity index (χ4v) is 2.43. The van der Waals surface area contributed by atoms with Gasteiger partial charge in [-0.1, -0.05) is 30.7 Å². The van der Waals surface area contributed by atoms with Crippen LogP contribution in [0.4, 0.5) is 0 Å². The number of ketones is 1. The first-order chi connectivity index (χ1) is 8.69. The highest BCUT2D eigenvalue weighted by molar-refractivity contribution is 6.09. The molecule has 0 amide bonds. The SMILES string of the molecule is CCc1nc2c(o1)CCc1cc(C)ccc1C2=O. The van der Waals surface area contributed by atoms with Gasteiger partial charge in [0.15, 0.2) is 11.6 Å². The van der Waals surface area contributed by atoms with Crippen molar-refractivity contribution in [3.8, 4) is 0 Å². The molecule has 1 aliphatic rings. The second kappa shape index (κ2) is 4.09. The number of fused-ring (bicyclic) bond motifs is 2. The maximum Gasteiger partial charge on any atom is 0.215 e. The van der Waals surface area contributed by atoms with Crippen LogP contribution in [-0.4, -0.2) is 10.8 Å². The maximum absolute atomic E-state index is 12.4. The van der Waals surface area contributed by atoms with Gasteiger partial charge in [0.2, 0.25) is 5.78 Å². The van der Waals surface area contributed by atoms with Gasteiger partial charge >= 0.3 is 0 Å². The van der Waals surface area contributed by atoms with E-state index in [1.807, 2.05) is 26.0 Å². The summed E-state index contributed by atoms with van der Waals surface area (Å²) in [6.45, 7) is 4.02. The molecule has 1 aromatic heterocycles. The van der Waals surface area contributed by atoms with Crippen molar-refractivity contribution >= 4 is 5.78 Å². The van der Waals surface area contributed by atoms with Gasteiger partial charge < -0.3 is 4.42 Å². The first kappa shape index (κ1) is 11.2. The van der Waals surface area contributed by atoms with Gasteiger partial charge in [-0.15, -0.1) is 0 Å². The molecule has 3 nitrogen and oxygen atoms in total. The normalized spacial score (nSPS) is 14.0. The Bertz CT molecular complexity index is 625. The minimum absolute atomic E-state index is 0.000880. The van der Waals surface area contributed by atoms with Crippen LogP contribution in [0.2, 0.25) is 0 Å². The number of aryl methyl sites for hydroxylation is 4. The summed E-state index contributed by atoms with van der Waals surface area (Å²) in [7, 11) is 0. The first-order valence-corrected chi connectivity index (χ1v) is 6.32. The average molecular weight is 241 g/mol. The fourth-order valence-electron chi connectivity index (χ4n) is 2.43. The van der Waals surface area contributed by atoms with Crippen molar-refractivity contribution in [1.82, 2.24) is 4.98 Å². The van der Waals surface area contributed by atoms with Crippen molar-refractivity contribution in [2.24, 2.45) is 0 Å². The van der Waals surface area contributed by atoms with Crippen LogP contribution in [0.5, 0.6) is 0 Å². The number of hydrogen-bond acceptors (Lipinski definition) is 3. The second-order valence-corrected chi connectivity index (χ2v) is 4.72. The molecule has 0 N–H and O–H groups in total. The lowest BCUT2D eigenvalue weighted by atomic mass is 9.99. The summed E-state index contributed by atoms with van der Waals surface area (Å²) in [5, 5.41) is 0. The average Bonchev–Trinajstić information content (AvgIpc) is 2.74. The molecule has 3 heteroatoms. The van der Waals surface area contributed by atoms with Gasteiger partial charge in [0.05, 0.1) is 0 Å². The Balaban J connectivity index is 2.14. The van der Waals surface area contributed by atoms with Crippen LogP contribution in [0, 0.1) is 6.92 Å². The van der Waals surface area contributed by atoms with E-state index in [0.29, 0.717) is 11.6 Å². The van der Waals surface area contributed by atoms with Gasteiger partial charge in [-0.25, -0.2) is 4.98 Å². The quantitative estimate of drug-likeness (QED) is 0.771. The summed E-state index contributed by atoms with van der Waals surface area (Å²) in [6.07, 6.45) is 2.32. The molecule has 1 heterocycles. The van der Waals surface area contributed by atoms with Gasteiger partial charge in [0.25, 0.3) is 0 Å². The third-order valence-corrected chi connectivity index (χ3v) is 3.39. The highest BCUT2D eigenvalue weighted by atomic mass is 16.4. The van der Waals surface area contributed by atoms with Crippen molar-refractivity contribution in [3.63, 3.8) is 0 Å². The number of nitrogens with zero attached hydrogens (tertiary/aromatic N) is 1. The van der Waals surface area contributed by atoms with Gasteiger partial charge in [-0.3, -0.25) is 4.79 Å². The van der Waals surface area contributed by atoms with E-state index in [2.05, 4.69) is 11.1 Å². The molecule has 18 heavy (non-hydrogen) atoms. The topological polar surface area (TPSA) is 43.1 Å². The number of oxazole rings is 1. The lowest BCUT2D eigenvalue weighted by Crippen LogP contribution is -2.04. The molecule has 3 rings (SSSR count). The third kappa shape index (κ3) is 1.67. The summed E-state index contributed by atoms with van der Waals surface area (Å²) in [6, 6.07) is 5.96. The highest BCUT2D eigenvalue weighted by Crippen LogP contribution is 2.25. The van der Waals surface area contributed by atoms with E-state index < -0.39 is 0 Å². The number of aromatic nitrogens is 1. The highest BCUT2D eigenvalue weighted by Gasteiger charge is 2.26. The molecule has 92 valence electrons. The number of rotatable bonds is 1. The van der Waals surface area contributed by atoms with E-state index in [1.54, 1.807) is 0 Å². The van der Waals surface area contributed by atoms with Gasteiger partial charge in [-0.05, 0) is 18.9 Å². The van der Waals surface area contributed by atoms with E-state index in [0.717, 1.165) is 36.1 Å². The first-order valence-electron chi connectivity index (χ1n) is 6.32. The Hall–Kier alpha value is -1.90. The van der Waals surface area contributed by atoms with E-state index in [-0.39, 0.29) is 5.78 Å². The molecular weight excluding hydrogens is 226 g/mol. The standard InChI is InChI=1S/C15H15NO2/c1-3-13-16-14-12(18-13)7-5-10-8-9(2)4-6-11(10)15(14)17/h4,6,8H,3,5,7H2,1-2H3. The Morgan fingerprint density at radius 3 is 2.94 bits per heavy atom. The minimum Gasteiger partial charge on any atom is -0.445 e. The molecule has 0 unspecified atom stereocenters. The minimum atomic E-state index is 0.000880. The summed E-state index contributed by atoms with van der Waals surface area (Å²) in [5.41, 5.74) is 3.57. The zero-order chi connectivity index (χ0) is 12.7. The Morgan fingerprint density at radius 1 is 1.33 bits per heavy atom. The van der Waals surface area contributed by atoms with E-state index in [9.17, 15) is 4.79 Å². The van der Waals surface area contributed by atoms with Gasteiger partial charge in [-0.2, -0.15) is 0 Å². The summed E-state index contributed by atoms with van der Waals surface area (Å²) in [5.74, 6) is 1.40. The Labute approximate surface area is 106 Å². The van der Waals surface area contributed by atoms with Crippen molar-refractivity contribution in [2.75, 3.05) is 0 Å². The molecule has 1 aliphatic carbocycles. The van der Waals surface area contributed by atoms with Crippen LogP contribution >= 0.6 is 0 Å². The van der Waals surface area contributed by atoms with E-state index in [4.69, 9.17) is 4.42 Å². The lowest BCUT2D eigenvalue weighted by Gasteiger charge is -2.04. The number of carbonyl (C=O) groups excluding carboxylic acids is 1. The molecule has 0 fully saturated rings. The molecule has 2 aromatic rings. The number of hydrogen-bond donors (Lipinski definition) is 0. The van der Waals surface area contributed by atoms with Crippen LogP contribution in [-0.2, 0) is 19.3 Å². The van der Waals surface area contributed by atoms with Crippen LogP contribution in [0.25, 0.3) is 0 Å². The molecule has 0 radical (unpaired) electrons. The van der Waals surface area contributed by atoms with Crippen molar-refractivity contribution in [2.45, 2.75) is 33.1 Å². The third-order valence-electron chi connectivity index (χ3n) is 3.39. The molecular formula is C15H15NO2. The van der Waals surface area contributed by atoms with Crippen LogP contribution in [0.3, 0.4) is 0 Å². The second-order valence-electron chi connectivity index (χ2n) is 4.72.